The number of thiophene rings is 1. The molecule has 0 fully saturated rings. The average Bonchev–Trinajstić information content (AvgIpc) is 2.78. The molecular formula is C13H10F3NO2S. The topological polar surface area (TPSA) is 52.3 Å². The van der Waals surface area contributed by atoms with Crippen molar-refractivity contribution >= 4 is 17.2 Å². The number of carbonyl (C=O) groups is 1. The van der Waals surface area contributed by atoms with Gasteiger partial charge in [-0.3, -0.25) is 4.79 Å². The zero-order valence-corrected chi connectivity index (χ0v) is 10.9. The van der Waals surface area contributed by atoms with Crippen LogP contribution in [0.25, 0.3) is 0 Å². The number of alkyl halides is 3. The van der Waals surface area contributed by atoms with E-state index in [2.05, 4.69) is 4.74 Å². The molecule has 0 saturated heterocycles. The van der Waals surface area contributed by atoms with Gasteiger partial charge >= 0.3 is 6.36 Å². The van der Waals surface area contributed by atoms with E-state index in [1.54, 1.807) is 11.4 Å². The Kier molecular flexibility index (Phi) is 3.99. The van der Waals surface area contributed by atoms with E-state index >= 15 is 0 Å². The summed E-state index contributed by atoms with van der Waals surface area (Å²) in [5.41, 5.74) is 6.75. The van der Waals surface area contributed by atoms with Crippen molar-refractivity contribution in [3.8, 4) is 5.75 Å². The highest BCUT2D eigenvalue weighted by Crippen LogP contribution is 2.24. The Balaban J connectivity index is 2.11. The molecule has 7 heteroatoms. The van der Waals surface area contributed by atoms with E-state index in [1.165, 1.54) is 35.6 Å². The Hall–Kier alpha value is -2.02. The van der Waals surface area contributed by atoms with Gasteiger partial charge < -0.3 is 10.5 Å². The smallest absolute Gasteiger partial charge is 0.406 e. The molecule has 0 aliphatic rings. The molecule has 1 aromatic carbocycles. The first-order chi connectivity index (χ1) is 9.35. The minimum atomic E-state index is -4.70. The molecule has 2 rings (SSSR count). The molecule has 2 aromatic rings. The van der Waals surface area contributed by atoms with Gasteiger partial charge in [-0.15, -0.1) is 24.5 Å². The van der Waals surface area contributed by atoms with Crippen LogP contribution in [0.2, 0.25) is 0 Å². The highest BCUT2D eigenvalue weighted by atomic mass is 32.1. The Labute approximate surface area is 116 Å². The van der Waals surface area contributed by atoms with Gasteiger partial charge in [0.2, 0.25) is 0 Å². The quantitative estimate of drug-likeness (QED) is 0.941. The number of primary amides is 1. The number of halogens is 3. The first-order valence-corrected chi connectivity index (χ1v) is 6.44. The van der Waals surface area contributed by atoms with E-state index in [-0.39, 0.29) is 5.75 Å². The summed E-state index contributed by atoms with van der Waals surface area (Å²) in [4.78, 5) is 11.6. The summed E-state index contributed by atoms with van der Waals surface area (Å²) in [5.74, 6) is -0.784. The Morgan fingerprint density at radius 2 is 1.85 bits per heavy atom. The van der Waals surface area contributed by atoms with Gasteiger partial charge in [0.05, 0.1) is 4.88 Å². The maximum Gasteiger partial charge on any atom is 0.573 e. The fourth-order valence-electron chi connectivity index (χ4n) is 1.72. The van der Waals surface area contributed by atoms with Gasteiger partial charge in [0.15, 0.2) is 0 Å². The molecule has 0 atom stereocenters. The third kappa shape index (κ3) is 3.74. The summed E-state index contributed by atoms with van der Waals surface area (Å²) in [7, 11) is 0. The number of rotatable bonds is 4. The number of amides is 1. The standard InChI is InChI=1S/C13H10F3NO2S/c14-13(15,16)19-10-3-1-8(2-4-10)7-9-5-6-20-11(9)12(17)18/h1-6H,7H2,(H2,17,18). The van der Waals surface area contributed by atoms with Crippen LogP contribution >= 0.6 is 11.3 Å². The van der Waals surface area contributed by atoms with Crippen LogP contribution in [0.15, 0.2) is 35.7 Å². The van der Waals surface area contributed by atoms with Gasteiger partial charge in [-0.25, -0.2) is 0 Å². The number of hydrogen-bond acceptors (Lipinski definition) is 3. The highest BCUT2D eigenvalue weighted by Gasteiger charge is 2.30. The molecule has 0 aliphatic heterocycles. The van der Waals surface area contributed by atoms with Crippen molar-refractivity contribution < 1.29 is 22.7 Å². The third-order valence-electron chi connectivity index (χ3n) is 2.52. The predicted molar refractivity (Wildman–Crippen MR) is 68.8 cm³/mol. The van der Waals surface area contributed by atoms with Crippen molar-refractivity contribution in [2.24, 2.45) is 5.73 Å². The van der Waals surface area contributed by atoms with Crippen LogP contribution in [0.4, 0.5) is 13.2 Å². The molecule has 1 heterocycles. The van der Waals surface area contributed by atoms with Crippen molar-refractivity contribution in [3.63, 3.8) is 0 Å². The zero-order valence-electron chi connectivity index (χ0n) is 10.1. The van der Waals surface area contributed by atoms with Gasteiger partial charge in [-0.2, -0.15) is 0 Å². The van der Waals surface area contributed by atoms with E-state index in [9.17, 15) is 18.0 Å². The second kappa shape index (κ2) is 5.54. The summed E-state index contributed by atoms with van der Waals surface area (Å²) < 4.78 is 39.8. The molecule has 0 unspecified atom stereocenters. The Morgan fingerprint density at radius 1 is 1.20 bits per heavy atom. The monoisotopic (exact) mass is 301 g/mol. The van der Waals surface area contributed by atoms with E-state index in [4.69, 9.17) is 5.73 Å². The molecule has 1 amide bonds. The van der Waals surface area contributed by atoms with Crippen molar-refractivity contribution in [2.45, 2.75) is 12.8 Å². The highest BCUT2D eigenvalue weighted by molar-refractivity contribution is 7.12. The molecule has 20 heavy (non-hydrogen) atoms. The van der Waals surface area contributed by atoms with Crippen molar-refractivity contribution in [1.29, 1.82) is 0 Å². The van der Waals surface area contributed by atoms with Crippen LogP contribution in [0, 0.1) is 0 Å². The average molecular weight is 301 g/mol. The maximum atomic E-state index is 12.0. The fourth-order valence-corrected chi connectivity index (χ4v) is 2.50. The minimum Gasteiger partial charge on any atom is -0.406 e. The molecule has 106 valence electrons. The normalized spacial score (nSPS) is 11.3. The summed E-state index contributed by atoms with van der Waals surface area (Å²) in [5, 5.41) is 1.75. The lowest BCUT2D eigenvalue weighted by Crippen LogP contribution is -2.17. The second-order valence-electron chi connectivity index (χ2n) is 4.01. The largest absolute Gasteiger partial charge is 0.573 e. The predicted octanol–water partition coefficient (Wildman–Crippen LogP) is 3.34. The number of carbonyl (C=O) groups excluding carboxylic acids is 1. The molecule has 3 nitrogen and oxygen atoms in total. The number of hydrogen-bond donors (Lipinski definition) is 1. The van der Waals surface area contributed by atoms with Crippen LogP contribution in [-0.4, -0.2) is 12.3 Å². The zero-order chi connectivity index (χ0) is 14.8. The van der Waals surface area contributed by atoms with Crippen LogP contribution in [0.1, 0.15) is 20.8 Å². The fraction of sp³-hybridized carbons (Fsp3) is 0.154. The van der Waals surface area contributed by atoms with E-state index in [0.29, 0.717) is 11.3 Å². The van der Waals surface area contributed by atoms with E-state index in [0.717, 1.165) is 11.1 Å². The van der Waals surface area contributed by atoms with Crippen LogP contribution in [-0.2, 0) is 6.42 Å². The molecule has 0 saturated carbocycles. The van der Waals surface area contributed by atoms with Crippen LogP contribution < -0.4 is 10.5 Å². The summed E-state index contributed by atoms with van der Waals surface area (Å²) in [6.45, 7) is 0. The lowest BCUT2D eigenvalue weighted by Gasteiger charge is -2.09. The first kappa shape index (κ1) is 14.4. The van der Waals surface area contributed by atoms with Crippen LogP contribution in [0.3, 0.4) is 0 Å². The lowest BCUT2D eigenvalue weighted by molar-refractivity contribution is -0.274. The maximum absolute atomic E-state index is 12.0. The number of nitrogens with two attached hydrogens (primary N) is 1. The lowest BCUT2D eigenvalue weighted by atomic mass is 10.1. The van der Waals surface area contributed by atoms with Crippen molar-refractivity contribution in [1.82, 2.24) is 0 Å². The number of benzene rings is 1. The van der Waals surface area contributed by atoms with Crippen molar-refractivity contribution in [2.75, 3.05) is 0 Å². The van der Waals surface area contributed by atoms with Gasteiger partial charge in [0.25, 0.3) is 5.91 Å². The Morgan fingerprint density at radius 3 is 2.40 bits per heavy atom. The number of ether oxygens (including phenoxy) is 1. The molecule has 0 radical (unpaired) electrons. The van der Waals surface area contributed by atoms with Gasteiger partial charge in [-0.1, -0.05) is 12.1 Å². The van der Waals surface area contributed by atoms with Gasteiger partial charge in [0, 0.05) is 0 Å². The molecule has 0 spiro atoms. The summed E-state index contributed by atoms with van der Waals surface area (Å²) in [6.07, 6.45) is -4.28. The SMILES string of the molecule is NC(=O)c1sccc1Cc1ccc(OC(F)(F)F)cc1. The Bertz CT molecular complexity index is 605. The van der Waals surface area contributed by atoms with Crippen LogP contribution in [0.5, 0.6) is 5.75 Å². The molecular weight excluding hydrogens is 291 g/mol. The summed E-state index contributed by atoms with van der Waals surface area (Å²) >= 11 is 1.24. The molecule has 0 bridgehead atoms. The second-order valence-corrected chi connectivity index (χ2v) is 4.92. The van der Waals surface area contributed by atoms with Gasteiger partial charge in [0.1, 0.15) is 5.75 Å². The first-order valence-electron chi connectivity index (χ1n) is 5.56. The van der Waals surface area contributed by atoms with E-state index < -0.39 is 12.3 Å². The molecule has 0 aliphatic carbocycles. The summed E-state index contributed by atoms with van der Waals surface area (Å²) in [6, 6.07) is 7.27. The van der Waals surface area contributed by atoms with Crippen molar-refractivity contribution in [3.05, 3.63) is 51.7 Å². The molecule has 2 N–H and O–H groups in total. The minimum absolute atomic E-state index is 0.276. The molecule has 1 aromatic heterocycles. The van der Waals surface area contributed by atoms with Gasteiger partial charge in [-0.05, 0) is 41.1 Å². The van der Waals surface area contributed by atoms with E-state index in [1.807, 2.05) is 0 Å². The third-order valence-corrected chi connectivity index (χ3v) is 3.49.